The minimum absolute atomic E-state index is 0. The molecule has 0 rings (SSSR count). The average molecular weight is 375 g/mol. The van der Waals surface area contributed by atoms with Crippen LogP contribution in [0.15, 0.2) is 0 Å². The van der Waals surface area contributed by atoms with E-state index in [9.17, 15) is 18.1 Å². The van der Waals surface area contributed by atoms with Crippen molar-refractivity contribution in [2.24, 2.45) is 0 Å². The third kappa shape index (κ3) is 16.7. The molecule has 0 spiro atoms. The van der Waals surface area contributed by atoms with Crippen LogP contribution in [0.1, 0.15) is 97.3 Å². The zero-order valence-electron chi connectivity index (χ0n) is 15.4. The average Bonchev–Trinajstić information content (AvgIpc) is 2.43. The van der Waals surface area contributed by atoms with Gasteiger partial charge < -0.3 is 9.66 Å². The van der Waals surface area contributed by atoms with E-state index >= 15 is 0 Å². The summed E-state index contributed by atoms with van der Waals surface area (Å²) in [6, 6.07) is 0. The van der Waals surface area contributed by atoms with Gasteiger partial charge in [0.05, 0.1) is 21.5 Å². The Bertz CT molecular complexity index is 347. The van der Waals surface area contributed by atoms with Gasteiger partial charge in [0.25, 0.3) is 0 Å². The Hall–Kier alpha value is 1.51. The summed E-state index contributed by atoms with van der Waals surface area (Å²) in [7, 11) is -4.30. The van der Waals surface area contributed by atoms with E-state index in [2.05, 4.69) is 6.92 Å². The minimum atomic E-state index is -4.30. The van der Waals surface area contributed by atoms with Gasteiger partial charge in [0.1, 0.15) is 0 Å². The van der Waals surface area contributed by atoms with E-state index in [1.54, 1.807) is 0 Å². The molecule has 0 radical (unpaired) electrons. The number of hydrogen-bond acceptors (Lipinski definition) is 4. The van der Waals surface area contributed by atoms with Gasteiger partial charge in [-0.25, -0.2) is 8.42 Å². The van der Waals surface area contributed by atoms with Gasteiger partial charge in [0.15, 0.2) is 0 Å². The molecule has 0 fully saturated rings. The Morgan fingerprint density at radius 3 is 1.74 bits per heavy atom. The topological polar surface area (TPSA) is 77.4 Å². The van der Waals surface area contributed by atoms with Crippen LogP contribution in [0.4, 0.5) is 0 Å². The molecule has 2 atom stereocenters. The summed E-state index contributed by atoms with van der Waals surface area (Å²) in [6.07, 6.45) is 11.6. The van der Waals surface area contributed by atoms with Crippen molar-refractivity contribution in [3.63, 3.8) is 0 Å². The molecule has 0 aromatic carbocycles. The Kier molecular flexibility index (Phi) is 19.7. The molecule has 0 aromatic heterocycles. The van der Waals surface area contributed by atoms with Gasteiger partial charge in [-0.1, -0.05) is 78.1 Å². The Morgan fingerprint density at radius 2 is 1.30 bits per heavy atom. The van der Waals surface area contributed by atoms with E-state index in [1.807, 2.05) is 6.92 Å². The monoisotopic (exact) mass is 374 g/mol. The van der Waals surface area contributed by atoms with Gasteiger partial charge in [0.2, 0.25) is 0 Å². The van der Waals surface area contributed by atoms with Crippen LogP contribution in [0.2, 0.25) is 0 Å². The molecular weight excluding hydrogens is 339 g/mol. The first-order valence-electron chi connectivity index (χ1n) is 9.04. The van der Waals surface area contributed by atoms with E-state index in [-0.39, 0.29) is 57.8 Å². The Morgan fingerprint density at radius 1 is 0.826 bits per heavy atom. The summed E-state index contributed by atoms with van der Waals surface area (Å²) < 4.78 is 33.8. The second-order valence-electron chi connectivity index (χ2n) is 6.41. The fourth-order valence-electron chi connectivity index (χ4n) is 2.82. The maximum atomic E-state index is 11.3. The van der Waals surface area contributed by atoms with Gasteiger partial charge in [-0.2, -0.15) is 0 Å². The van der Waals surface area contributed by atoms with Gasteiger partial charge in [-0.15, -0.1) is 0 Å². The first-order chi connectivity index (χ1) is 10.4. The van der Waals surface area contributed by atoms with Crippen LogP contribution in [0.25, 0.3) is 0 Å². The molecule has 1 N–H and O–H groups in total. The van der Waals surface area contributed by atoms with Crippen molar-refractivity contribution in [1.29, 1.82) is 0 Å². The largest absolute Gasteiger partial charge is 1.00 e. The van der Waals surface area contributed by atoms with E-state index in [0.29, 0.717) is 12.8 Å². The molecule has 0 saturated carbocycles. The Balaban J connectivity index is 0. The molecule has 2 unspecified atom stereocenters. The van der Waals surface area contributed by atoms with Crippen LogP contribution in [0.5, 0.6) is 0 Å². The summed E-state index contributed by atoms with van der Waals surface area (Å²) in [5.74, 6) is 0. The molecule has 0 saturated heterocycles. The van der Waals surface area contributed by atoms with Crippen molar-refractivity contribution in [3.05, 3.63) is 0 Å². The van der Waals surface area contributed by atoms with Gasteiger partial charge in [-0.05, 0) is 19.3 Å². The number of aliphatic hydroxyl groups excluding tert-OH is 1. The summed E-state index contributed by atoms with van der Waals surface area (Å²) in [4.78, 5) is 0. The normalized spacial score (nSPS) is 14.3. The molecule has 6 heteroatoms. The van der Waals surface area contributed by atoms with E-state index in [4.69, 9.17) is 0 Å². The molecule has 0 aliphatic carbocycles. The third-order valence-electron chi connectivity index (χ3n) is 4.19. The molecular formula is C17H35KO4S. The van der Waals surface area contributed by atoms with Crippen LogP contribution >= 0.6 is 0 Å². The van der Waals surface area contributed by atoms with E-state index in [0.717, 1.165) is 25.7 Å². The fourth-order valence-corrected chi connectivity index (χ4v) is 3.73. The molecule has 0 aliphatic rings. The predicted octanol–water partition coefficient (Wildman–Crippen LogP) is 1.38. The number of hydrogen-bond donors (Lipinski definition) is 1. The Labute approximate surface area is 186 Å². The van der Waals surface area contributed by atoms with Crippen molar-refractivity contribution in [2.75, 3.05) is 0 Å². The van der Waals surface area contributed by atoms with E-state index in [1.165, 1.54) is 38.5 Å². The molecule has 4 nitrogen and oxygen atoms in total. The maximum Gasteiger partial charge on any atom is 1.00 e. The maximum absolute atomic E-state index is 11.3. The molecule has 134 valence electrons. The van der Waals surface area contributed by atoms with Crippen LogP contribution in [-0.4, -0.2) is 29.4 Å². The van der Waals surface area contributed by atoms with Gasteiger partial charge in [-0.3, -0.25) is 0 Å². The quantitative estimate of drug-likeness (QED) is 0.267. The number of unbranched alkanes of at least 4 members (excludes halogenated alkanes) is 8. The second-order valence-corrected chi connectivity index (χ2v) is 8.06. The summed E-state index contributed by atoms with van der Waals surface area (Å²) in [5, 5.41) is 8.81. The predicted molar refractivity (Wildman–Crippen MR) is 90.9 cm³/mol. The SMILES string of the molecule is CCCCCCCCCCCC(CC(O)CCC)S(=O)(=O)[O-].[K+]. The number of rotatable bonds is 15. The summed E-state index contributed by atoms with van der Waals surface area (Å²) in [6.45, 7) is 4.14. The van der Waals surface area contributed by atoms with Crippen molar-refractivity contribution >= 4 is 10.1 Å². The fraction of sp³-hybridized carbons (Fsp3) is 1.00. The molecule has 0 amide bonds. The molecule has 0 bridgehead atoms. The van der Waals surface area contributed by atoms with Crippen LogP contribution in [0.3, 0.4) is 0 Å². The summed E-state index contributed by atoms with van der Waals surface area (Å²) >= 11 is 0. The first-order valence-corrected chi connectivity index (χ1v) is 10.5. The molecule has 0 aliphatic heterocycles. The zero-order valence-corrected chi connectivity index (χ0v) is 19.4. The van der Waals surface area contributed by atoms with Crippen LogP contribution in [-0.2, 0) is 10.1 Å². The molecule has 0 aromatic rings. The van der Waals surface area contributed by atoms with Gasteiger partial charge >= 0.3 is 51.4 Å². The molecule has 0 heterocycles. The zero-order chi connectivity index (χ0) is 16.8. The van der Waals surface area contributed by atoms with Crippen molar-refractivity contribution < 1.29 is 69.5 Å². The number of aliphatic hydroxyl groups is 1. The van der Waals surface area contributed by atoms with Crippen molar-refractivity contribution in [2.45, 2.75) is 109 Å². The van der Waals surface area contributed by atoms with Crippen molar-refractivity contribution in [3.8, 4) is 0 Å². The standard InChI is InChI=1S/C17H36O4S.K/c1-3-5-6-7-8-9-10-11-12-14-17(22(19,20)21)15-16(18)13-4-2;/h16-18H,3-15H2,1-2H3,(H,19,20,21);/q;+1/p-1. The van der Waals surface area contributed by atoms with Crippen molar-refractivity contribution in [1.82, 2.24) is 0 Å². The van der Waals surface area contributed by atoms with Crippen LogP contribution in [0, 0.1) is 0 Å². The first kappa shape index (κ1) is 26.7. The molecule has 23 heavy (non-hydrogen) atoms. The van der Waals surface area contributed by atoms with Crippen LogP contribution < -0.4 is 51.4 Å². The van der Waals surface area contributed by atoms with E-state index < -0.39 is 21.5 Å². The smallest absolute Gasteiger partial charge is 0.748 e. The van der Waals surface area contributed by atoms with Gasteiger partial charge in [0, 0.05) is 0 Å². The summed E-state index contributed by atoms with van der Waals surface area (Å²) in [5.41, 5.74) is 0. The third-order valence-corrected chi connectivity index (χ3v) is 5.44. The second kappa shape index (κ2) is 16.9. The minimum Gasteiger partial charge on any atom is -0.748 e.